The predicted molar refractivity (Wildman–Crippen MR) is 109 cm³/mol. The average molecular weight is 416 g/mol. The van der Waals surface area contributed by atoms with Gasteiger partial charge in [-0.05, 0) is 37.5 Å². The molecule has 1 N–H and O–H groups in total. The second kappa shape index (κ2) is 8.34. The van der Waals surface area contributed by atoms with E-state index in [0.717, 1.165) is 18.4 Å². The number of amides is 4. The van der Waals surface area contributed by atoms with E-state index >= 15 is 0 Å². The molecule has 1 saturated carbocycles. The SMILES string of the molecule is C[C@@H](c1cccc(F)c1)N1CCN(C(=O)CCN2C(=O)NC3(CCCC3)C2=O)CC1. The highest BCUT2D eigenvalue weighted by Gasteiger charge is 2.52. The van der Waals surface area contributed by atoms with Crippen LogP contribution in [0.1, 0.15) is 50.6 Å². The van der Waals surface area contributed by atoms with Crippen LogP contribution in [0.15, 0.2) is 24.3 Å². The first-order valence-corrected chi connectivity index (χ1v) is 10.8. The fourth-order valence-electron chi connectivity index (χ4n) is 4.90. The van der Waals surface area contributed by atoms with E-state index in [-0.39, 0.29) is 42.7 Å². The van der Waals surface area contributed by atoms with Crippen LogP contribution in [0, 0.1) is 5.82 Å². The average Bonchev–Trinajstić information content (AvgIpc) is 3.31. The van der Waals surface area contributed by atoms with Crippen LogP contribution in [0.3, 0.4) is 0 Å². The molecule has 3 aliphatic rings. The number of urea groups is 1. The molecule has 0 aromatic heterocycles. The van der Waals surface area contributed by atoms with E-state index in [1.165, 1.54) is 11.0 Å². The lowest BCUT2D eigenvalue weighted by Crippen LogP contribution is -2.50. The Hall–Kier alpha value is -2.48. The summed E-state index contributed by atoms with van der Waals surface area (Å²) in [6.45, 7) is 4.75. The van der Waals surface area contributed by atoms with Gasteiger partial charge in [0.05, 0.1) is 0 Å². The smallest absolute Gasteiger partial charge is 0.325 e. The number of imide groups is 1. The summed E-state index contributed by atoms with van der Waals surface area (Å²) in [5, 5.41) is 2.85. The van der Waals surface area contributed by atoms with Gasteiger partial charge >= 0.3 is 6.03 Å². The number of piperazine rings is 1. The highest BCUT2D eigenvalue weighted by molar-refractivity contribution is 6.07. The normalized spacial score (nSPS) is 22.6. The van der Waals surface area contributed by atoms with Crippen molar-refractivity contribution in [2.75, 3.05) is 32.7 Å². The van der Waals surface area contributed by atoms with Crippen molar-refractivity contribution >= 4 is 17.8 Å². The zero-order valence-corrected chi connectivity index (χ0v) is 17.4. The number of nitrogens with one attached hydrogen (secondary N) is 1. The molecule has 7 nitrogen and oxygen atoms in total. The van der Waals surface area contributed by atoms with Gasteiger partial charge in [0.25, 0.3) is 5.91 Å². The summed E-state index contributed by atoms with van der Waals surface area (Å²) >= 11 is 0. The van der Waals surface area contributed by atoms with Gasteiger partial charge < -0.3 is 10.2 Å². The number of benzene rings is 1. The quantitative estimate of drug-likeness (QED) is 0.748. The molecule has 1 aliphatic carbocycles. The molecule has 0 bridgehead atoms. The van der Waals surface area contributed by atoms with Crippen LogP contribution in [0.4, 0.5) is 9.18 Å². The van der Waals surface area contributed by atoms with Crippen molar-refractivity contribution in [3.8, 4) is 0 Å². The molecule has 1 spiro atoms. The molecule has 0 radical (unpaired) electrons. The predicted octanol–water partition coefficient (Wildman–Crippen LogP) is 2.29. The molecule has 4 amide bonds. The zero-order chi connectivity index (χ0) is 21.3. The van der Waals surface area contributed by atoms with Crippen molar-refractivity contribution in [2.24, 2.45) is 0 Å². The second-order valence-electron chi connectivity index (χ2n) is 8.57. The van der Waals surface area contributed by atoms with E-state index in [1.54, 1.807) is 17.0 Å². The first kappa shape index (κ1) is 20.8. The van der Waals surface area contributed by atoms with Crippen LogP contribution in [0.25, 0.3) is 0 Å². The van der Waals surface area contributed by atoms with E-state index in [0.29, 0.717) is 39.0 Å². The van der Waals surface area contributed by atoms with Gasteiger partial charge in [0.2, 0.25) is 5.91 Å². The minimum absolute atomic E-state index is 0.0407. The number of carbonyl (C=O) groups excluding carboxylic acids is 3. The van der Waals surface area contributed by atoms with Crippen LogP contribution >= 0.6 is 0 Å². The molecular formula is C22H29FN4O3. The highest BCUT2D eigenvalue weighted by Crippen LogP contribution is 2.35. The molecule has 3 fully saturated rings. The molecule has 2 heterocycles. The number of carbonyl (C=O) groups is 3. The van der Waals surface area contributed by atoms with Crippen LogP contribution < -0.4 is 5.32 Å². The van der Waals surface area contributed by atoms with Gasteiger partial charge in [-0.2, -0.15) is 0 Å². The standard InChI is InChI=1S/C22H29FN4O3/c1-16(17-5-4-6-18(23)15-17)25-11-13-26(14-12-25)19(28)7-10-27-20(29)22(24-21(27)30)8-2-3-9-22/h4-6,15-16H,2-3,7-14H2,1H3,(H,24,30)/t16-/m0/s1. The maximum absolute atomic E-state index is 13.5. The molecule has 1 aromatic rings. The Balaban J connectivity index is 1.27. The van der Waals surface area contributed by atoms with Crippen LogP contribution in [0.5, 0.6) is 0 Å². The fraction of sp³-hybridized carbons (Fsp3) is 0.591. The summed E-state index contributed by atoms with van der Waals surface area (Å²) in [5.74, 6) is -0.458. The van der Waals surface area contributed by atoms with Crippen LogP contribution in [-0.4, -0.2) is 70.8 Å². The van der Waals surface area contributed by atoms with E-state index < -0.39 is 5.54 Å². The Kier molecular flexibility index (Phi) is 5.77. The Morgan fingerprint density at radius 2 is 1.87 bits per heavy atom. The highest BCUT2D eigenvalue weighted by atomic mass is 19.1. The molecule has 8 heteroatoms. The largest absolute Gasteiger partial charge is 0.340 e. The number of halogens is 1. The van der Waals surface area contributed by atoms with Gasteiger partial charge in [0.15, 0.2) is 0 Å². The Morgan fingerprint density at radius 1 is 1.17 bits per heavy atom. The lowest BCUT2D eigenvalue weighted by atomic mass is 9.98. The summed E-state index contributed by atoms with van der Waals surface area (Å²) < 4.78 is 13.5. The molecule has 0 unspecified atom stereocenters. The fourth-order valence-corrected chi connectivity index (χ4v) is 4.90. The Bertz CT molecular complexity index is 831. The van der Waals surface area contributed by atoms with Crippen LogP contribution in [-0.2, 0) is 9.59 Å². The Labute approximate surface area is 176 Å². The molecule has 4 rings (SSSR count). The summed E-state index contributed by atoms with van der Waals surface area (Å²) in [4.78, 5) is 42.8. The van der Waals surface area contributed by atoms with Crippen molar-refractivity contribution in [3.05, 3.63) is 35.6 Å². The molecule has 1 atom stereocenters. The monoisotopic (exact) mass is 416 g/mol. The minimum atomic E-state index is -0.723. The minimum Gasteiger partial charge on any atom is -0.340 e. The van der Waals surface area contributed by atoms with Crippen molar-refractivity contribution in [3.63, 3.8) is 0 Å². The van der Waals surface area contributed by atoms with Gasteiger partial charge in [-0.3, -0.25) is 19.4 Å². The van der Waals surface area contributed by atoms with Gasteiger partial charge in [-0.15, -0.1) is 0 Å². The van der Waals surface area contributed by atoms with E-state index in [1.807, 2.05) is 13.0 Å². The van der Waals surface area contributed by atoms with Gasteiger partial charge in [0.1, 0.15) is 11.4 Å². The first-order chi connectivity index (χ1) is 14.4. The van der Waals surface area contributed by atoms with Gasteiger partial charge in [-0.25, -0.2) is 9.18 Å². The summed E-state index contributed by atoms with van der Waals surface area (Å²) in [5.41, 5.74) is 0.202. The number of hydrogen-bond donors (Lipinski definition) is 1. The maximum Gasteiger partial charge on any atom is 0.325 e. The summed E-state index contributed by atoms with van der Waals surface area (Å²) in [7, 11) is 0. The Morgan fingerprint density at radius 3 is 2.53 bits per heavy atom. The third-order valence-corrected chi connectivity index (χ3v) is 6.80. The van der Waals surface area contributed by atoms with Crippen molar-refractivity contribution in [1.29, 1.82) is 0 Å². The number of rotatable bonds is 5. The number of hydrogen-bond acceptors (Lipinski definition) is 4. The molecule has 162 valence electrons. The molecule has 30 heavy (non-hydrogen) atoms. The van der Waals surface area contributed by atoms with Crippen molar-refractivity contribution in [2.45, 2.75) is 50.6 Å². The maximum atomic E-state index is 13.5. The third-order valence-electron chi connectivity index (χ3n) is 6.80. The van der Waals surface area contributed by atoms with E-state index in [2.05, 4.69) is 10.2 Å². The van der Waals surface area contributed by atoms with Crippen molar-refractivity contribution < 1.29 is 18.8 Å². The van der Waals surface area contributed by atoms with Gasteiger partial charge in [-0.1, -0.05) is 25.0 Å². The zero-order valence-electron chi connectivity index (χ0n) is 17.4. The van der Waals surface area contributed by atoms with Crippen molar-refractivity contribution in [1.82, 2.24) is 20.0 Å². The number of nitrogens with zero attached hydrogens (tertiary/aromatic N) is 3. The molecule has 2 saturated heterocycles. The van der Waals surface area contributed by atoms with E-state index in [4.69, 9.17) is 0 Å². The topological polar surface area (TPSA) is 73.0 Å². The molecule has 2 aliphatic heterocycles. The summed E-state index contributed by atoms with van der Waals surface area (Å²) in [6, 6.07) is 6.33. The third kappa shape index (κ3) is 3.93. The lowest BCUT2D eigenvalue weighted by molar-refractivity contribution is -0.135. The van der Waals surface area contributed by atoms with E-state index in [9.17, 15) is 18.8 Å². The van der Waals surface area contributed by atoms with Gasteiger partial charge in [0, 0.05) is 45.2 Å². The van der Waals surface area contributed by atoms with Crippen LogP contribution in [0.2, 0.25) is 0 Å². The first-order valence-electron chi connectivity index (χ1n) is 10.8. The lowest BCUT2D eigenvalue weighted by Gasteiger charge is -2.38. The molecular weight excluding hydrogens is 387 g/mol. The second-order valence-corrected chi connectivity index (χ2v) is 8.57. The summed E-state index contributed by atoms with van der Waals surface area (Å²) in [6.07, 6.45) is 3.41. The molecule has 1 aromatic carbocycles.